The van der Waals surface area contributed by atoms with Gasteiger partial charge in [0.15, 0.2) is 0 Å². The summed E-state index contributed by atoms with van der Waals surface area (Å²) in [4.78, 5) is 13.8. The fourth-order valence-corrected chi connectivity index (χ4v) is 2.86. The second-order valence-corrected chi connectivity index (χ2v) is 5.88. The summed E-state index contributed by atoms with van der Waals surface area (Å²) < 4.78 is 0. The molecule has 0 aromatic heterocycles. The largest absolute Gasteiger partial charge is 0.342 e. The second-order valence-electron chi connectivity index (χ2n) is 5.88. The number of benzene rings is 1. The number of likely N-dealkylation sites (N-methyl/N-ethyl adjacent to an activating group) is 1. The number of aryl methyl sites for hydroxylation is 2. The first-order valence-electron chi connectivity index (χ1n) is 7.67. The van der Waals surface area contributed by atoms with Gasteiger partial charge in [0.1, 0.15) is 0 Å². The summed E-state index contributed by atoms with van der Waals surface area (Å²) in [7, 11) is 1.83. The molecule has 0 bridgehead atoms. The molecule has 1 saturated heterocycles. The molecule has 1 aliphatic heterocycles. The summed E-state index contributed by atoms with van der Waals surface area (Å²) in [6.07, 6.45) is 4.72. The Labute approximate surface area is 122 Å². The van der Waals surface area contributed by atoms with E-state index in [4.69, 9.17) is 0 Å². The summed E-state index contributed by atoms with van der Waals surface area (Å²) >= 11 is 0. The van der Waals surface area contributed by atoms with Crippen molar-refractivity contribution in [2.24, 2.45) is 5.92 Å². The number of carbonyl (C=O) groups is 1. The number of hydrogen-bond donors (Lipinski definition) is 1. The van der Waals surface area contributed by atoms with Gasteiger partial charge in [0, 0.05) is 13.1 Å². The standard InChI is InChI=1S/C17H26N2O/c1-14-3-5-15(6-4-14)7-8-16-9-11-19(12-10-16)17(20)13-18-2/h3-6,16,18H,7-13H2,1-2H3. The van der Waals surface area contributed by atoms with E-state index in [-0.39, 0.29) is 5.91 Å². The minimum atomic E-state index is 0.240. The quantitative estimate of drug-likeness (QED) is 0.894. The van der Waals surface area contributed by atoms with Gasteiger partial charge in [-0.1, -0.05) is 29.8 Å². The molecule has 2 rings (SSSR count). The summed E-state index contributed by atoms with van der Waals surface area (Å²) in [5, 5.41) is 2.94. The van der Waals surface area contributed by atoms with Crippen LogP contribution in [0.2, 0.25) is 0 Å². The minimum absolute atomic E-state index is 0.240. The first-order valence-corrected chi connectivity index (χ1v) is 7.67. The molecular formula is C17H26N2O. The van der Waals surface area contributed by atoms with E-state index in [0.717, 1.165) is 38.3 Å². The van der Waals surface area contributed by atoms with Crippen LogP contribution >= 0.6 is 0 Å². The SMILES string of the molecule is CNCC(=O)N1CCC(CCc2ccc(C)cc2)CC1. The Kier molecular flexibility index (Phi) is 5.60. The molecule has 0 atom stereocenters. The fraction of sp³-hybridized carbons (Fsp3) is 0.588. The van der Waals surface area contributed by atoms with Crippen molar-refractivity contribution in [1.82, 2.24) is 10.2 Å². The van der Waals surface area contributed by atoms with E-state index >= 15 is 0 Å². The topological polar surface area (TPSA) is 32.3 Å². The van der Waals surface area contributed by atoms with Gasteiger partial charge >= 0.3 is 0 Å². The zero-order chi connectivity index (χ0) is 14.4. The number of carbonyl (C=O) groups excluding carboxylic acids is 1. The molecule has 3 nitrogen and oxygen atoms in total. The highest BCUT2D eigenvalue weighted by atomic mass is 16.2. The first kappa shape index (κ1) is 15.0. The van der Waals surface area contributed by atoms with Crippen LogP contribution in [0.15, 0.2) is 24.3 Å². The highest BCUT2D eigenvalue weighted by Crippen LogP contribution is 2.22. The van der Waals surface area contributed by atoms with Crippen LogP contribution in [-0.4, -0.2) is 37.5 Å². The smallest absolute Gasteiger partial charge is 0.236 e. The van der Waals surface area contributed by atoms with Crippen LogP contribution in [0.3, 0.4) is 0 Å². The molecule has 1 heterocycles. The molecule has 1 N–H and O–H groups in total. The van der Waals surface area contributed by atoms with E-state index < -0.39 is 0 Å². The number of amides is 1. The Bertz CT molecular complexity index is 419. The van der Waals surface area contributed by atoms with Gasteiger partial charge in [0.05, 0.1) is 6.54 Å². The molecule has 0 spiro atoms. The van der Waals surface area contributed by atoms with Crippen LogP contribution in [0.5, 0.6) is 0 Å². The molecule has 1 aromatic rings. The number of piperidine rings is 1. The van der Waals surface area contributed by atoms with Crippen molar-refractivity contribution in [2.45, 2.75) is 32.6 Å². The zero-order valence-electron chi connectivity index (χ0n) is 12.7. The maximum Gasteiger partial charge on any atom is 0.236 e. The lowest BCUT2D eigenvalue weighted by atomic mass is 9.90. The van der Waals surface area contributed by atoms with Crippen LogP contribution < -0.4 is 5.32 Å². The molecule has 110 valence electrons. The van der Waals surface area contributed by atoms with Gasteiger partial charge in [-0.3, -0.25) is 4.79 Å². The minimum Gasteiger partial charge on any atom is -0.342 e. The Morgan fingerprint density at radius 2 is 1.90 bits per heavy atom. The van der Waals surface area contributed by atoms with Gasteiger partial charge in [-0.25, -0.2) is 0 Å². The van der Waals surface area contributed by atoms with E-state index in [0.29, 0.717) is 6.54 Å². The third-order valence-electron chi connectivity index (χ3n) is 4.26. The maximum absolute atomic E-state index is 11.8. The summed E-state index contributed by atoms with van der Waals surface area (Å²) in [6, 6.07) is 8.85. The monoisotopic (exact) mass is 274 g/mol. The van der Waals surface area contributed by atoms with E-state index in [9.17, 15) is 4.79 Å². The first-order chi connectivity index (χ1) is 9.69. The van der Waals surface area contributed by atoms with Crippen molar-refractivity contribution in [3.05, 3.63) is 35.4 Å². The molecule has 1 aromatic carbocycles. The van der Waals surface area contributed by atoms with Crippen LogP contribution in [-0.2, 0) is 11.2 Å². The van der Waals surface area contributed by atoms with Crippen molar-refractivity contribution < 1.29 is 4.79 Å². The lowest BCUT2D eigenvalue weighted by Gasteiger charge is -2.32. The van der Waals surface area contributed by atoms with E-state index in [1.54, 1.807) is 0 Å². The third-order valence-corrected chi connectivity index (χ3v) is 4.26. The normalized spacial score (nSPS) is 16.4. The molecule has 20 heavy (non-hydrogen) atoms. The average Bonchev–Trinajstić information content (AvgIpc) is 2.47. The van der Waals surface area contributed by atoms with Crippen molar-refractivity contribution in [3.63, 3.8) is 0 Å². The number of hydrogen-bond acceptors (Lipinski definition) is 2. The lowest BCUT2D eigenvalue weighted by Crippen LogP contribution is -2.42. The number of likely N-dealkylation sites (tertiary alicyclic amines) is 1. The second kappa shape index (κ2) is 7.44. The van der Waals surface area contributed by atoms with Crippen LogP contribution in [0, 0.1) is 12.8 Å². The fourth-order valence-electron chi connectivity index (χ4n) is 2.86. The highest BCUT2D eigenvalue weighted by Gasteiger charge is 2.21. The average molecular weight is 274 g/mol. The Balaban J connectivity index is 1.72. The van der Waals surface area contributed by atoms with Crippen molar-refractivity contribution in [3.8, 4) is 0 Å². The molecule has 1 aliphatic rings. The molecule has 1 fully saturated rings. The predicted molar refractivity (Wildman–Crippen MR) is 82.7 cm³/mol. The molecule has 0 radical (unpaired) electrons. The lowest BCUT2D eigenvalue weighted by molar-refractivity contribution is -0.131. The number of nitrogens with zero attached hydrogens (tertiary/aromatic N) is 1. The van der Waals surface area contributed by atoms with Crippen LogP contribution in [0.25, 0.3) is 0 Å². The van der Waals surface area contributed by atoms with E-state index in [2.05, 4.69) is 36.5 Å². The zero-order valence-corrected chi connectivity index (χ0v) is 12.7. The Morgan fingerprint density at radius 3 is 2.50 bits per heavy atom. The van der Waals surface area contributed by atoms with Gasteiger partial charge < -0.3 is 10.2 Å². The molecule has 0 unspecified atom stereocenters. The number of nitrogens with one attached hydrogen (secondary N) is 1. The highest BCUT2D eigenvalue weighted by molar-refractivity contribution is 5.78. The van der Waals surface area contributed by atoms with Gasteiger partial charge in [-0.05, 0) is 51.1 Å². The van der Waals surface area contributed by atoms with E-state index in [1.165, 1.54) is 17.5 Å². The summed E-state index contributed by atoms with van der Waals surface area (Å²) in [6.45, 7) is 4.45. The van der Waals surface area contributed by atoms with Gasteiger partial charge in [-0.15, -0.1) is 0 Å². The van der Waals surface area contributed by atoms with Crippen molar-refractivity contribution >= 4 is 5.91 Å². The van der Waals surface area contributed by atoms with Crippen LogP contribution in [0.1, 0.15) is 30.4 Å². The molecule has 0 saturated carbocycles. The van der Waals surface area contributed by atoms with Crippen LogP contribution in [0.4, 0.5) is 0 Å². The molecule has 1 amide bonds. The summed E-state index contributed by atoms with van der Waals surface area (Å²) in [5.41, 5.74) is 2.76. The van der Waals surface area contributed by atoms with Crippen molar-refractivity contribution in [1.29, 1.82) is 0 Å². The Hall–Kier alpha value is -1.35. The third kappa shape index (κ3) is 4.34. The Morgan fingerprint density at radius 1 is 1.25 bits per heavy atom. The van der Waals surface area contributed by atoms with E-state index in [1.807, 2.05) is 11.9 Å². The van der Waals surface area contributed by atoms with Crippen molar-refractivity contribution in [2.75, 3.05) is 26.7 Å². The maximum atomic E-state index is 11.8. The van der Waals surface area contributed by atoms with Gasteiger partial charge in [-0.2, -0.15) is 0 Å². The van der Waals surface area contributed by atoms with Gasteiger partial charge in [0.2, 0.25) is 5.91 Å². The van der Waals surface area contributed by atoms with Gasteiger partial charge in [0.25, 0.3) is 0 Å². The summed E-state index contributed by atoms with van der Waals surface area (Å²) in [5.74, 6) is 1.01. The molecule has 3 heteroatoms. The number of rotatable bonds is 5. The molecular weight excluding hydrogens is 248 g/mol. The molecule has 0 aliphatic carbocycles. The predicted octanol–water partition coefficient (Wildman–Crippen LogP) is 2.39.